The Balaban J connectivity index is 1.90. The maximum atomic E-state index is 12.8. The van der Waals surface area contributed by atoms with E-state index < -0.39 is 17.7 Å². The van der Waals surface area contributed by atoms with Gasteiger partial charge in [-0.1, -0.05) is 35.9 Å². The average Bonchev–Trinajstić information content (AvgIpc) is 2.57. The molecule has 1 fully saturated rings. The number of aliphatic imine (C=N–C) groups is 1. The molecule has 2 amide bonds. The molecule has 0 aromatic heterocycles. The molecule has 0 radical (unpaired) electrons. The van der Waals surface area contributed by atoms with E-state index in [0.29, 0.717) is 5.69 Å². The number of carbonyl (C=O) groups is 2. The number of nitrogens with one attached hydrogen (secondary N) is 1. The zero-order chi connectivity index (χ0) is 18.0. The smallest absolute Gasteiger partial charge is 0.251 e. The number of rotatable bonds is 3. The van der Waals surface area contributed by atoms with E-state index in [4.69, 9.17) is 12.2 Å². The van der Waals surface area contributed by atoms with Gasteiger partial charge in [0.15, 0.2) is 11.0 Å². The first-order valence-electron chi connectivity index (χ1n) is 7.82. The van der Waals surface area contributed by atoms with Gasteiger partial charge < -0.3 is 5.32 Å². The van der Waals surface area contributed by atoms with Gasteiger partial charge in [0.05, 0.1) is 11.4 Å². The van der Waals surface area contributed by atoms with Crippen molar-refractivity contribution < 1.29 is 9.59 Å². The number of anilines is 1. The van der Waals surface area contributed by atoms with Crippen molar-refractivity contribution in [2.75, 3.05) is 4.90 Å². The van der Waals surface area contributed by atoms with Crippen molar-refractivity contribution in [3.8, 4) is 0 Å². The Morgan fingerprint density at radius 1 is 1.12 bits per heavy atom. The van der Waals surface area contributed by atoms with Gasteiger partial charge in [0.25, 0.3) is 5.91 Å². The molecular formula is C19H17N3O2S. The fraction of sp³-hybridized carbons (Fsp3) is 0.158. The molecule has 6 heteroatoms. The number of aryl methyl sites for hydroxylation is 2. The van der Waals surface area contributed by atoms with Crippen LogP contribution in [0.15, 0.2) is 53.5 Å². The molecule has 1 aliphatic heterocycles. The molecule has 0 unspecified atom stereocenters. The van der Waals surface area contributed by atoms with E-state index in [2.05, 4.69) is 10.3 Å². The number of thiocarbonyl (C=S) groups is 1. The minimum atomic E-state index is -1.02. The molecule has 0 bridgehead atoms. The highest BCUT2D eigenvalue weighted by Crippen LogP contribution is 2.22. The molecule has 1 saturated heterocycles. The van der Waals surface area contributed by atoms with Crippen molar-refractivity contribution in [2.45, 2.75) is 13.8 Å². The number of benzene rings is 2. The van der Waals surface area contributed by atoms with E-state index in [1.807, 2.05) is 38.1 Å². The summed E-state index contributed by atoms with van der Waals surface area (Å²) in [6, 6.07) is 14.8. The summed E-state index contributed by atoms with van der Waals surface area (Å²) < 4.78 is 0. The number of hydrogen-bond acceptors (Lipinski definition) is 4. The summed E-state index contributed by atoms with van der Waals surface area (Å²) in [4.78, 5) is 30.7. The second-order valence-electron chi connectivity index (χ2n) is 5.85. The van der Waals surface area contributed by atoms with Crippen LogP contribution in [0.3, 0.4) is 0 Å². The summed E-state index contributed by atoms with van der Waals surface area (Å²) in [6.45, 7) is 3.94. The number of carbonyl (C=O) groups excluding carboxylic acids is 2. The van der Waals surface area contributed by atoms with Crippen molar-refractivity contribution in [3.63, 3.8) is 0 Å². The van der Waals surface area contributed by atoms with Crippen LogP contribution in [0.25, 0.3) is 0 Å². The third-order valence-electron chi connectivity index (χ3n) is 3.93. The monoisotopic (exact) mass is 351 g/mol. The van der Waals surface area contributed by atoms with Crippen molar-refractivity contribution >= 4 is 46.7 Å². The molecule has 126 valence electrons. The average molecular weight is 351 g/mol. The van der Waals surface area contributed by atoms with Crippen LogP contribution < -0.4 is 10.2 Å². The van der Waals surface area contributed by atoms with Gasteiger partial charge >= 0.3 is 0 Å². The first-order chi connectivity index (χ1) is 12.0. The second kappa shape index (κ2) is 6.94. The molecule has 1 heterocycles. The molecule has 0 spiro atoms. The van der Waals surface area contributed by atoms with Gasteiger partial charge in [-0.05, 0) is 49.8 Å². The highest BCUT2D eigenvalue weighted by molar-refractivity contribution is 7.80. The molecule has 2 aromatic carbocycles. The maximum absolute atomic E-state index is 12.8. The Morgan fingerprint density at radius 3 is 2.52 bits per heavy atom. The maximum Gasteiger partial charge on any atom is 0.251 e. The molecule has 2 aromatic rings. The Labute approximate surface area is 151 Å². The lowest BCUT2D eigenvalue weighted by molar-refractivity contribution is -0.130. The lowest BCUT2D eigenvalue weighted by atomic mass is 10.1. The molecule has 5 nitrogen and oxygen atoms in total. The van der Waals surface area contributed by atoms with Gasteiger partial charge in [0, 0.05) is 6.21 Å². The van der Waals surface area contributed by atoms with Crippen LogP contribution in [0.5, 0.6) is 0 Å². The van der Waals surface area contributed by atoms with Gasteiger partial charge in [-0.15, -0.1) is 0 Å². The normalized spacial score (nSPS) is 17.9. The third kappa shape index (κ3) is 3.49. The van der Waals surface area contributed by atoms with Crippen molar-refractivity contribution in [3.05, 3.63) is 59.7 Å². The van der Waals surface area contributed by atoms with E-state index in [1.165, 1.54) is 11.1 Å². The predicted octanol–water partition coefficient (Wildman–Crippen LogP) is 3.07. The van der Waals surface area contributed by atoms with Crippen LogP contribution in [0.1, 0.15) is 11.1 Å². The van der Waals surface area contributed by atoms with Gasteiger partial charge in [0.1, 0.15) is 0 Å². The van der Waals surface area contributed by atoms with Crippen LogP contribution in [0, 0.1) is 19.8 Å². The zero-order valence-electron chi connectivity index (χ0n) is 13.9. The van der Waals surface area contributed by atoms with Crippen molar-refractivity contribution in [1.82, 2.24) is 5.32 Å². The number of amides is 2. The quantitative estimate of drug-likeness (QED) is 0.525. The van der Waals surface area contributed by atoms with Gasteiger partial charge in [-0.3, -0.25) is 19.5 Å². The summed E-state index contributed by atoms with van der Waals surface area (Å²) in [6.07, 6.45) is 1.38. The predicted molar refractivity (Wildman–Crippen MR) is 102 cm³/mol. The van der Waals surface area contributed by atoms with Crippen LogP contribution in [-0.4, -0.2) is 23.1 Å². The number of nitrogens with zero attached hydrogens (tertiary/aromatic N) is 2. The van der Waals surface area contributed by atoms with Gasteiger partial charge in [0.2, 0.25) is 5.91 Å². The number of hydrogen-bond donors (Lipinski definition) is 1. The van der Waals surface area contributed by atoms with Crippen LogP contribution in [-0.2, 0) is 9.59 Å². The molecule has 25 heavy (non-hydrogen) atoms. The molecule has 1 N–H and O–H groups in total. The topological polar surface area (TPSA) is 61.8 Å². The van der Waals surface area contributed by atoms with Crippen molar-refractivity contribution in [2.24, 2.45) is 10.9 Å². The molecule has 1 aliphatic rings. The summed E-state index contributed by atoms with van der Waals surface area (Å²) in [5.74, 6) is -1.89. The summed E-state index contributed by atoms with van der Waals surface area (Å²) in [5.41, 5.74) is 3.45. The van der Waals surface area contributed by atoms with Crippen LogP contribution >= 0.6 is 12.2 Å². The molecule has 1 atom stereocenters. The Hall–Kier alpha value is -2.86. The SMILES string of the molecule is Cc1ccc(N=C[C@@H]2C(=O)NC(=S)N(c3ccccc3)C2=O)c(C)c1. The van der Waals surface area contributed by atoms with Gasteiger partial charge in [-0.25, -0.2) is 0 Å². The first-order valence-corrected chi connectivity index (χ1v) is 8.23. The fourth-order valence-electron chi connectivity index (χ4n) is 2.65. The summed E-state index contributed by atoms with van der Waals surface area (Å²) in [5, 5.41) is 2.66. The fourth-order valence-corrected chi connectivity index (χ4v) is 2.94. The largest absolute Gasteiger partial charge is 0.301 e. The minimum Gasteiger partial charge on any atom is -0.301 e. The zero-order valence-corrected chi connectivity index (χ0v) is 14.7. The summed E-state index contributed by atoms with van der Waals surface area (Å²) >= 11 is 5.16. The van der Waals surface area contributed by atoms with Crippen molar-refractivity contribution in [1.29, 1.82) is 0 Å². The van der Waals surface area contributed by atoms with E-state index >= 15 is 0 Å². The highest BCUT2D eigenvalue weighted by atomic mass is 32.1. The summed E-state index contributed by atoms with van der Waals surface area (Å²) in [7, 11) is 0. The minimum absolute atomic E-state index is 0.0809. The van der Waals surface area contributed by atoms with E-state index in [1.54, 1.807) is 24.3 Å². The number of para-hydroxylation sites is 1. The van der Waals surface area contributed by atoms with Crippen LogP contribution in [0.2, 0.25) is 0 Å². The second-order valence-corrected chi connectivity index (χ2v) is 6.24. The highest BCUT2D eigenvalue weighted by Gasteiger charge is 2.38. The standard InChI is InChI=1S/C19H17N3O2S/c1-12-8-9-16(13(2)10-12)20-11-15-17(23)21-19(25)22(18(15)24)14-6-4-3-5-7-14/h3-11,15H,1-2H3,(H,21,23,25)/t15-/m1/s1. The molecular weight excluding hydrogens is 334 g/mol. The van der Waals surface area contributed by atoms with E-state index in [9.17, 15) is 9.59 Å². The Bertz CT molecular complexity index is 877. The first kappa shape index (κ1) is 17.0. The molecule has 0 saturated carbocycles. The van der Waals surface area contributed by atoms with E-state index in [-0.39, 0.29) is 5.11 Å². The third-order valence-corrected chi connectivity index (χ3v) is 4.22. The van der Waals surface area contributed by atoms with Crippen LogP contribution in [0.4, 0.5) is 11.4 Å². The van der Waals surface area contributed by atoms with E-state index in [0.717, 1.165) is 16.8 Å². The molecule has 0 aliphatic carbocycles. The molecule has 3 rings (SSSR count). The Morgan fingerprint density at radius 2 is 1.84 bits per heavy atom. The Kier molecular flexibility index (Phi) is 4.72. The van der Waals surface area contributed by atoms with Gasteiger partial charge in [-0.2, -0.15) is 0 Å². The lowest BCUT2D eigenvalue weighted by Gasteiger charge is -2.30. The lowest BCUT2D eigenvalue weighted by Crippen LogP contribution is -2.58.